The molecule has 0 aliphatic rings. The van der Waals surface area contributed by atoms with Gasteiger partial charge >= 0.3 is 11.9 Å². The van der Waals surface area contributed by atoms with Crippen LogP contribution < -0.4 is 0 Å². The lowest BCUT2D eigenvalue weighted by Gasteiger charge is -2.15. The van der Waals surface area contributed by atoms with E-state index in [0.717, 1.165) is 44.9 Å². The Morgan fingerprint density at radius 1 is 0.440 bits per heavy atom. The van der Waals surface area contributed by atoms with E-state index < -0.39 is 6.10 Å². The molecule has 0 aromatic carbocycles. The minimum absolute atomic E-state index is 0.0677. The highest BCUT2D eigenvalue weighted by atomic mass is 16.6. The molecule has 0 fully saturated rings. The Kier molecular flexibility index (Phi) is 40.4. The van der Waals surface area contributed by atoms with Gasteiger partial charge in [-0.05, 0) is 64.2 Å². The third-order valence-electron chi connectivity index (χ3n) is 9.72. The molecule has 0 saturated heterocycles. The molecular formula is C45H84O5. The predicted octanol–water partition coefficient (Wildman–Crippen LogP) is 13.8. The second-order valence-electron chi connectivity index (χ2n) is 14.8. The van der Waals surface area contributed by atoms with Crippen molar-refractivity contribution < 1.29 is 24.2 Å². The molecule has 1 N–H and O–H groups in total. The van der Waals surface area contributed by atoms with Gasteiger partial charge in [-0.25, -0.2) is 0 Å². The Morgan fingerprint density at radius 3 is 1.08 bits per heavy atom. The van der Waals surface area contributed by atoms with Crippen LogP contribution in [0.5, 0.6) is 0 Å². The molecule has 0 aliphatic heterocycles. The van der Waals surface area contributed by atoms with Gasteiger partial charge < -0.3 is 14.6 Å². The van der Waals surface area contributed by atoms with Gasteiger partial charge in [-0.3, -0.25) is 9.59 Å². The minimum atomic E-state index is -0.772. The Labute approximate surface area is 311 Å². The van der Waals surface area contributed by atoms with Gasteiger partial charge in [0.15, 0.2) is 6.10 Å². The summed E-state index contributed by atoms with van der Waals surface area (Å²) in [5.41, 5.74) is 0. The van der Waals surface area contributed by atoms with Crippen LogP contribution in [0, 0.1) is 0 Å². The van der Waals surface area contributed by atoms with Crippen LogP contribution in [0.4, 0.5) is 0 Å². The molecule has 0 spiro atoms. The summed E-state index contributed by atoms with van der Waals surface area (Å²) in [7, 11) is 0. The van der Waals surface area contributed by atoms with Gasteiger partial charge in [0, 0.05) is 12.8 Å². The molecule has 0 radical (unpaired) electrons. The number of esters is 2. The quantitative estimate of drug-likeness (QED) is 0.0390. The van der Waals surface area contributed by atoms with Crippen molar-refractivity contribution in [3.63, 3.8) is 0 Å². The first-order valence-corrected chi connectivity index (χ1v) is 21.9. The highest BCUT2D eigenvalue weighted by Crippen LogP contribution is 2.14. The molecule has 1 unspecified atom stereocenters. The molecule has 5 nitrogen and oxygen atoms in total. The summed E-state index contributed by atoms with van der Waals surface area (Å²) in [4.78, 5) is 24.3. The number of aliphatic hydroxyl groups is 1. The fraction of sp³-hybridized carbons (Fsp3) is 0.867. The summed E-state index contributed by atoms with van der Waals surface area (Å²) in [6, 6.07) is 0. The Balaban J connectivity index is 3.51. The van der Waals surface area contributed by atoms with Gasteiger partial charge in [-0.1, -0.05) is 179 Å². The standard InChI is InChI=1S/C45H84O5/c1-3-5-7-9-11-13-15-17-19-20-21-22-23-24-26-28-30-32-34-36-38-40-45(48)50-43(41-46)42-49-44(47)39-37-35-33-31-29-27-25-18-16-14-12-10-8-6-4-2/h18,20-21,25,43,46H,3-17,19,22-24,26-42H2,1-2H3/b21-20-,25-18-. The van der Waals surface area contributed by atoms with Crippen molar-refractivity contribution in [3.05, 3.63) is 24.3 Å². The van der Waals surface area contributed by atoms with E-state index in [1.54, 1.807) is 0 Å². The summed E-state index contributed by atoms with van der Waals surface area (Å²) >= 11 is 0. The molecule has 294 valence electrons. The predicted molar refractivity (Wildman–Crippen MR) is 215 cm³/mol. The summed E-state index contributed by atoms with van der Waals surface area (Å²) in [6.45, 7) is 4.14. The second-order valence-corrected chi connectivity index (χ2v) is 14.8. The normalized spacial score (nSPS) is 12.3. The van der Waals surface area contributed by atoms with Crippen LogP contribution >= 0.6 is 0 Å². The molecule has 5 heteroatoms. The van der Waals surface area contributed by atoms with Crippen molar-refractivity contribution in [2.45, 2.75) is 238 Å². The first-order valence-electron chi connectivity index (χ1n) is 21.9. The van der Waals surface area contributed by atoms with Crippen molar-refractivity contribution in [1.82, 2.24) is 0 Å². The molecule has 50 heavy (non-hydrogen) atoms. The van der Waals surface area contributed by atoms with Crippen LogP contribution in [0.15, 0.2) is 24.3 Å². The van der Waals surface area contributed by atoms with Gasteiger partial charge in [0.1, 0.15) is 6.61 Å². The van der Waals surface area contributed by atoms with Crippen molar-refractivity contribution in [1.29, 1.82) is 0 Å². The van der Waals surface area contributed by atoms with E-state index in [1.165, 1.54) is 161 Å². The van der Waals surface area contributed by atoms with Crippen molar-refractivity contribution in [2.24, 2.45) is 0 Å². The van der Waals surface area contributed by atoms with E-state index >= 15 is 0 Å². The lowest BCUT2D eigenvalue weighted by molar-refractivity contribution is -0.161. The molecular weight excluding hydrogens is 620 g/mol. The minimum Gasteiger partial charge on any atom is -0.462 e. The van der Waals surface area contributed by atoms with E-state index in [-0.39, 0.29) is 25.2 Å². The lowest BCUT2D eigenvalue weighted by Crippen LogP contribution is -2.28. The molecule has 0 aliphatic carbocycles. The van der Waals surface area contributed by atoms with Gasteiger partial charge in [0.25, 0.3) is 0 Å². The maximum atomic E-state index is 12.2. The van der Waals surface area contributed by atoms with E-state index in [2.05, 4.69) is 38.2 Å². The van der Waals surface area contributed by atoms with Crippen LogP contribution in [0.1, 0.15) is 232 Å². The first-order chi connectivity index (χ1) is 24.6. The number of ether oxygens (including phenoxy) is 2. The lowest BCUT2D eigenvalue weighted by atomic mass is 10.1. The third-order valence-corrected chi connectivity index (χ3v) is 9.72. The van der Waals surface area contributed by atoms with Gasteiger partial charge in [-0.15, -0.1) is 0 Å². The Hall–Kier alpha value is -1.62. The molecule has 0 heterocycles. The molecule has 0 rings (SSSR count). The number of hydrogen-bond donors (Lipinski definition) is 1. The number of aliphatic hydroxyl groups excluding tert-OH is 1. The Bertz CT molecular complexity index is 761. The van der Waals surface area contributed by atoms with Gasteiger partial charge in [0.05, 0.1) is 6.61 Å². The molecule has 0 aromatic heterocycles. The van der Waals surface area contributed by atoms with E-state index in [1.807, 2.05) is 0 Å². The molecule has 0 saturated carbocycles. The molecule has 0 amide bonds. The SMILES string of the molecule is CCCCCCCC/C=C\CCCCCCCC(=O)OCC(CO)OC(=O)CCCCCCCCCCC/C=C\CCCCCCCCCC. The smallest absolute Gasteiger partial charge is 0.306 e. The Morgan fingerprint density at radius 2 is 0.740 bits per heavy atom. The third kappa shape index (κ3) is 39.2. The van der Waals surface area contributed by atoms with Crippen LogP contribution in [0.2, 0.25) is 0 Å². The topological polar surface area (TPSA) is 72.8 Å². The molecule has 1 atom stereocenters. The summed E-state index contributed by atoms with van der Waals surface area (Å²) in [5, 5.41) is 9.57. The van der Waals surface area contributed by atoms with Gasteiger partial charge in [-0.2, -0.15) is 0 Å². The highest BCUT2D eigenvalue weighted by Gasteiger charge is 2.16. The van der Waals surface area contributed by atoms with Crippen LogP contribution in [-0.2, 0) is 19.1 Å². The summed E-state index contributed by atoms with van der Waals surface area (Å²) < 4.78 is 10.6. The van der Waals surface area contributed by atoms with Crippen molar-refractivity contribution in [2.75, 3.05) is 13.2 Å². The average molecular weight is 705 g/mol. The maximum Gasteiger partial charge on any atom is 0.306 e. The van der Waals surface area contributed by atoms with Crippen LogP contribution in [-0.4, -0.2) is 36.4 Å². The molecule has 0 bridgehead atoms. The van der Waals surface area contributed by atoms with Crippen LogP contribution in [0.3, 0.4) is 0 Å². The summed E-state index contributed by atoms with van der Waals surface area (Å²) in [6.07, 6.45) is 49.6. The number of carbonyl (C=O) groups is 2. The number of allylic oxidation sites excluding steroid dienone is 4. The zero-order valence-electron chi connectivity index (χ0n) is 33.4. The maximum absolute atomic E-state index is 12.2. The fourth-order valence-corrected chi connectivity index (χ4v) is 6.37. The zero-order chi connectivity index (χ0) is 36.4. The van der Waals surface area contributed by atoms with E-state index in [9.17, 15) is 14.7 Å². The van der Waals surface area contributed by atoms with Crippen molar-refractivity contribution >= 4 is 11.9 Å². The van der Waals surface area contributed by atoms with E-state index in [0.29, 0.717) is 12.8 Å². The van der Waals surface area contributed by atoms with E-state index in [4.69, 9.17) is 9.47 Å². The number of carbonyl (C=O) groups excluding carboxylic acids is 2. The van der Waals surface area contributed by atoms with Crippen molar-refractivity contribution in [3.8, 4) is 0 Å². The van der Waals surface area contributed by atoms with Crippen LogP contribution in [0.25, 0.3) is 0 Å². The number of hydrogen-bond acceptors (Lipinski definition) is 5. The number of rotatable bonds is 40. The largest absolute Gasteiger partial charge is 0.462 e. The summed E-state index contributed by atoms with van der Waals surface area (Å²) in [5.74, 6) is -0.595. The fourth-order valence-electron chi connectivity index (χ4n) is 6.37. The first kappa shape index (κ1) is 48.4. The highest BCUT2D eigenvalue weighted by molar-refractivity contribution is 5.70. The monoisotopic (exact) mass is 705 g/mol. The second kappa shape index (κ2) is 41.8. The number of unbranched alkanes of at least 4 members (excludes halogenated alkanes) is 28. The average Bonchev–Trinajstić information content (AvgIpc) is 3.12. The zero-order valence-corrected chi connectivity index (χ0v) is 33.4. The van der Waals surface area contributed by atoms with Gasteiger partial charge in [0.2, 0.25) is 0 Å². The molecule has 0 aromatic rings.